The van der Waals surface area contributed by atoms with Crippen molar-refractivity contribution >= 4 is 0 Å². The molecule has 1 saturated heterocycles. The van der Waals surface area contributed by atoms with E-state index in [2.05, 4.69) is 5.32 Å². The van der Waals surface area contributed by atoms with Gasteiger partial charge in [0.15, 0.2) is 0 Å². The quantitative estimate of drug-likeness (QED) is 0.839. The van der Waals surface area contributed by atoms with Gasteiger partial charge in [-0.3, -0.25) is 0 Å². The lowest BCUT2D eigenvalue weighted by atomic mass is 9.94. The van der Waals surface area contributed by atoms with Gasteiger partial charge in [0.05, 0.1) is 12.7 Å². The first-order valence-electron chi connectivity index (χ1n) is 6.30. The van der Waals surface area contributed by atoms with Gasteiger partial charge >= 0.3 is 0 Å². The van der Waals surface area contributed by atoms with Crippen molar-refractivity contribution in [3.8, 4) is 0 Å². The molecule has 17 heavy (non-hydrogen) atoms. The molecule has 0 aliphatic carbocycles. The number of rotatable bonds is 4. The molecule has 3 heteroatoms. The summed E-state index contributed by atoms with van der Waals surface area (Å²) in [6.45, 7) is 1.61. The van der Waals surface area contributed by atoms with Gasteiger partial charge in [0.1, 0.15) is 0 Å². The highest BCUT2D eigenvalue weighted by atomic mass is 16.5. The third kappa shape index (κ3) is 3.28. The molecular weight excluding hydrogens is 214 g/mol. The molecule has 1 aliphatic heterocycles. The number of aliphatic hydroxyl groups is 1. The summed E-state index contributed by atoms with van der Waals surface area (Å²) in [4.78, 5) is 0. The Morgan fingerprint density at radius 2 is 2.35 bits per heavy atom. The molecule has 0 radical (unpaired) electrons. The zero-order valence-electron chi connectivity index (χ0n) is 10.4. The van der Waals surface area contributed by atoms with Crippen LogP contribution in [0.5, 0.6) is 0 Å². The summed E-state index contributed by atoms with van der Waals surface area (Å²) < 4.78 is 5.11. The minimum atomic E-state index is -0.410. The Morgan fingerprint density at radius 1 is 1.47 bits per heavy atom. The van der Waals surface area contributed by atoms with Crippen LogP contribution in [0, 0.1) is 0 Å². The molecule has 1 fully saturated rings. The van der Waals surface area contributed by atoms with Crippen LogP contribution in [0.2, 0.25) is 0 Å². The Balaban J connectivity index is 2.06. The molecule has 2 unspecified atom stereocenters. The van der Waals surface area contributed by atoms with E-state index in [4.69, 9.17) is 4.74 Å². The molecule has 0 saturated carbocycles. The molecule has 1 aliphatic rings. The van der Waals surface area contributed by atoms with Crippen molar-refractivity contribution in [2.75, 3.05) is 13.7 Å². The van der Waals surface area contributed by atoms with E-state index in [1.54, 1.807) is 7.11 Å². The molecule has 0 bridgehead atoms. The Labute approximate surface area is 103 Å². The minimum Gasteiger partial charge on any atom is -0.387 e. The van der Waals surface area contributed by atoms with Gasteiger partial charge in [0.2, 0.25) is 0 Å². The topological polar surface area (TPSA) is 41.5 Å². The van der Waals surface area contributed by atoms with Crippen molar-refractivity contribution in [1.82, 2.24) is 5.32 Å². The smallest absolute Gasteiger partial charge is 0.0943 e. The van der Waals surface area contributed by atoms with Crippen LogP contribution in [0.3, 0.4) is 0 Å². The first-order valence-corrected chi connectivity index (χ1v) is 6.30. The number of piperidine rings is 1. The fraction of sp³-hybridized carbons (Fsp3) is 0.571. The maximum Gasteiger partial charge on any atom is 0.0943 e. The molecule has 1 aromatic carbocycles. The maximum absolute atomic E-state index is 10.3. The Hall–Kier alpha value is -0.900. The molecule has 1 aromatic rings. The highest BCUT2D eigenvalue weighted by molar-refractivity contribution is 5.25. The fourth-order valence-electron chi connectivity index (χ4n) is 2.41. The van der Waals surface area contributed by atoms with Gasteiger partial charge in [0, 0.05) is 13.2 Å². The van der Waals surface area contributed by atoms with E-state index >= 15 is 0 Å². The number of hydrogen-bond donors (Lipinski definition) is 2. The third-order valence-electron chi connectivity index (χ3n) is 3.33. The Morgan fingerprint density at radius 3 is 3.06 bits per heavy atom. The Kier molecular flexibility index (Phi) is 4.54. The van der Waals surface area contributed by atoms with Gasteiger partial charge in [0.25, 0.3) is 0 Å². The molecule has 2 rings (SSSR count). The summed E-state index contributed by atoms with van der Waals surface area (Å²) in [5, 5.41) is 13.7. The third-order valence-corrected chi connectivity index (χ3v) is 3.33. The van der Waals surface area contributed by atoms with Gasteiger partial charge < -0.3 is 15.2 Å². The number of ether oxygens (including phenoxy) is 1. The molecule has 1 heterocycles. The van der Waals surface area contributed by atoms with E-state index < -0.39 is 6.10 Å². The standard InChI is InChI=1S/C14H21NO2/c1-17-10-11-5-4-6-12(9-11)14(16)13-7-2-3-8-15-13/h4-6,9,13-16H,2-3,7-8,10H2,1H3. The van der Waals surface area contributed by atoms with Crippen LogP contribution < -0.4 is 5.32 Å². The summed E-state index contributed by atoms with van der Waals surface area (Å²) in [7, 11) is 1.69. The second-order valence-corrected chi connectivity index (χ2v) is 4.68. The van der Waals surface area contributed by atoms with Crippen molar-refractivity contribution < 1.29 is 9.84 Å². The van der Waals surface area contributed by atoms with E-state index in [0.717, 1.165) is 24.1 Å². The van der Waals surface area contributed by atoms with Crippen molar-refractivity contribution in [3.05, 3.63) is 35.4 Å². The zero-order chi connectivity index (χ0) is 12.1. The minimum absolute atomic E-state index is 0.196. The van der Waals surface area contributed by atoms with Crippen molar-refractivity contribution in [2.45, 2.75) is 38.0 Å². The highest BCUT2D eigenvalue weighted by Gasteiger charge is 2.22. The van der Waals surface area contributed by atoms with Gasteiger partial charge in [-0.2, -0.15) is 0 Å². The molecular formula is C14H21NO2. The van der Waals surface area contributed by atoms with E-state index in [1.165, 1.54) is 12.8 Å². The van der Waals surface area contributed by atoms with Crippen LogP contribution in [0.25, 0.3) is 0 Å². The Bertz CT molecular complexity index is 348. The van der Waals surface area contributed by atoms with Crippen LogP contribution in [0.4, 0.5) is 0 Å². The SMILES string of the molecule is COCc1cccc(C(O)C2CCCCN2)c1. The molecule has 0 aromatic heterocycles. The van der Waals surface area contributed by atoms with Crippen molar-refractivity contribution in [3.63, 3.8) is 0 Å². The molecule has 2 atom stereocenters. The molecule has 0 spiro atoms. The van der Waals surface area contributed by atoms with Crippen LogP contribution in [-0.2, 0) is 11.3 Å². The predicted octanol–water partition coefficient (Wildman–Crippen LogP) is 2.01. The predicted molar refractivity (Wildman–Crippen MR) is 67.8 cm³/mol. The van der Waals surface area contributed by atoms with Gasteiger partial charge in [-0.1, -0.05) is 30.7 Å². The molecule has 0 amide bonds. The average Bonchev–Trinajstić information content (AvgIpc) is 2.40. The highest BCUT2D eigenvalue weighted by Crippen LogP contribution is 2.23. The fourth-order valence-corrected chi connectivity index (χ4v) is 2.41. The summed E-state index contributed by atoms with van der Waals surface area (Å²) in [6.07, 6.45) is 3.06. The second kappa shape index (κ2) is 6.15. The van der Waals surface area contributed by atoms with E-state index in [1.807, 2.05) is 24.3 Å². The van der Waals surface area contributed by atoms with Crippen LogP contribution in [0.15, 0.2) is 24.3 Å². The number of aliphatic hydroxyl groups excluding tert-OH is 1. The maximum atomic E-state index is 10.3. The monoisotopic (exact) mass is 235 g/mol. The zero-order valence-corrected chi connectivity index (χ0v) is 10.4. The lowest BCUT2D eigenvalue weighted by Crippen LogP contribution is -2.38. The number of nitrogens with one attached hydrogen (secondary N) is 1. The van der Waals surface area contributed by atoms with Gasteiger partial charge in [-0.15, -0.1) is 0 Å². The second-order valence-electron chi connectivity index (χ2n) is 4.68. The summed E-state index contributed by atoms with van der Waals surface area (Å²) in [6, 6.07) is 8.22. The van der Waals surface area contributed by atoms with E-state index in [9.17, 15) is 5.11 Å². The first-order chi connectivity index (χ1) is 8.31. The summed E-state index contributed by atoms with van der Waals surface area (Å²) in [5.74, 6) is 0. The molecule has 3 nitrogen and oxygen atoms in total. The number of hydrogen-bond acceptors (Lipinski definition) is 3. The first kappa shape index (κ1) is 12.6. The van der Waals surface area contributed by atoms with E-state index in [-0.39, 0.29) is 6.04 Å². The average molecular weight is 235 g/mol. The molecule has 2 N–H and O–H groups in total. The van der Waals surface area contributed by atoms with Gasteiger partial charge in [-0.25, -0.2) is 0 Å². The lowest BCUT2D eigenvalue weighted by Gasteiger charge is -2.28. The molecule has 94 valence electrons. The van der Waals surface area contributed by atoms with Crippen molar-refractivity contribution in [2.24, 2.45) is 0 Å². The normalized spacial score (nSPS) is 22.4. The van der Waals surface area contributed by atoms with Crippen LogP contribution >= 0.6 is 0 Å². The van der Waals surface area contributed by atoms with Gasteiger partial charge in [-0.05, 0) is 30.5 Å². The van der Waals surface area contributed by atoms with Crippen LogP contribution in [-0.4, -0.2) is 24.8 Å². The number of benzene rings is 1. The van der Waals surface area contributed by atoms with E-state index in [0.29, 0.717) is 6.61 Å². The number of methoxy groups -OCH3 is 1. The summed E-state index contributed by atoms with van der Waals surface area (Å²) in [5.41, 5.74) is 2.10. The lowest BCUT2D eigenvalue weighted by molar-refractivity contribution is 0.113. The van der Waals surface area contributed by atoms with Crippen LogP contribution in [0.1, 0.15) is 36.5 Å². The largest absolute Gasteiger partial charge is 0.387 e. The van der Waals surface area contributed by atoms with Crippen molar-refractivity contribution in [1.29, 1.82) is 0 Å². The summed E-state index contributed by atoms with van der Waals surface area (Å²) >= 11 is 0.